The molecule has 0 aromatic carbocycles. The maximum absolute atomic E-state index is 6.01. The van der Waals surface area contributed by atoms with Crippen LogP contribution in [0.1, 0.15) is 30.5 Å². The van der Waals surface area contributed by atoms with Crippen LogP contribution in [0.5, 0.6) is 0 Å². The number of hydrogen-bond donors (Lipinski definition) is 0. The number of aromatic nitrogens is 2. The lowest BCUT2D eigenvalue weighted by Crippen LogP contribution is -2.40. The number of halogens is 1. The second-order valence-corrected chi connectivity index (χ2v) is 7.29. The van der Waals surface area contributed by atoms with E-state index in [0.29, 0.717) is 0 Å². The van der Waals surface area contributed by atoms with Gasteiger partial charge in [-0.05, 0) is 38.1 Å². The van der Waals surface area contributed by atoms with Crippen LogP contribution >= 0.6 is 22.9 Å². The van der Waals surface area contributed by atoms with Crippen LogP contribution in [0, 0.1) is 0 Å². The van der Waals surface area contributed by atoms with Gasteiger partial charge in [-0.2, -0.15) is 0 Å². The third-order valence-corrected chi connectivity index (χ3v) is 5.49. The van der Waals surface area contributed by atoms with Crippen molar-refractivity contribution in [2.45, 2.75) is 31.7 Å². The first-order valence-electron chi connectivity index (χ1n) is 6.90. The van der Waals surface area contributed by atoms with Crippen molar-refractivity contribution in [3.63, 3.8) is 0 Å². The molecular weight excluding hydrogens is 290 g/mol. The van der Waals surface area contributed by atoms with E-state index in [1.54, 1.807) is 17.5 Å². The summed E-state index contributed by atoms with van der Waals surface area (Å²) in [5.74, 6) is 0. The Morgan fingerprint density at radius 2 is 2.10 bits per heavy atom. The van der Waals surface area contributed by atoms with Gasteiger partial charge in [0.15, 0.2) is 0 Å². The first-order valence-corrected chi connectivity index (χ1v) is 8.09. The van der Waals surface area contributed by atoms with Gasteiger partial charge in [0.05, 0.1) is 16.9 Å². The van der Waals surface area contributed by atoms with Crippen LogP contribution in [-0.2, 0) is 12.0 Å². The topological polar surface area (TPSA) is 29.0 Å². The molecule has 1 saturated heterocycles. The van der Waals surface area contributed by atoms with Crippen molar-refractivity contribution in [1.82, 2.24) is 14.9 Å². The smallest absolute Gasteiger partial charge is 0.113 e. The summed E-state index contributed by atoms with van der Waals surface area (Å²) >= 11 is 7.64. The largest absolute Gasteiger partial charge is 0.297 e. The highest BCUT2D eigenvalue weighted by atomic mass is 35.5. The predicted molar refractivity (Wildman–Crippen MR) is 83.2 cm³/mol. The molecule has 0 amide bonds. The van der Waals surface area contributed by atoms with E-state index in [1.165, 1.54) is 5.01 Å². The number of pyridine rings is 1. The summed E-state index contributed by atoms with van der Waals surface area (Å²) in [7, 11) is 0. The zero-order chi connectivity index (χ0) is 14.0. The summed E-state index contributed by atoms with van der Waals surface area (Å²) in [5, 5.41) is 1.18. The molecule has 0 aliphatic carbocycles. The fourth-order valence-electron chi connectivity index (χ4n) is 2.67. The molecule has 2 aromatic rings. The highest BCUT2D eigenvalue weighted by Gasteiger charge is 2.34. The minimum atomic E-state index is 0.179. The summed E-state index contributed by atoms with van der Waals surface area (Å²) in [6.07, 6.45) is 5.89. The first kappa shape index (κ1) is 14.0. The summed E-state index contributed by atoms with van der Waals surface area (Å²) < 4.78 is 0.789. The van der Waals surface area contributed by atoms with E-state index >= 15 is 0 Å². The van der Waals surface area contributed by atoms with E-state index in [-0.39, 0.29) is 5.41 Å². The molecule has 0 saturated carbocycles. The zero-order valence-corrected chi connectivity index (χ0v) is 13.1. The van der Waals surface area contributed by atoms with Crippen LogP contribution in [0.4, 0.5) is 0 Å². The maximum atomic E-state index is 6.01. The van der Waals surface area contributed by atoms with Gasteiger partial charge in [-0.1, -0.05) is 24.6 Å². The Kier molecular flexibility index (Phi) is 4.06. The molecule has 0 N–H and O–H groups in total. The Hall–Kier alpha value is -0.970. The third-order valence-electron chi connectivity index (χ3n) is 4.07. The van der Waals surface area contributed by atoms with E-state index in [1.807, 2.05) is 18.3 Å². The Bertz CT molecular complexity index is 562. The van der Waals surface area contributed by atoms with Crippen LogP contribution in [0.15, 0.2) is 30.6 Å². The number of hydrogen-bond acceptors (Lipinski definition) is 4. The molecule has 3 nitrogen and oxygen atoms in total. The molecule has 3 heterocycles. The normalized spacial score (nSPS) is 19.1. The lowest BCUT2D eigenvalue weighted by atomic mass is 9.81. The number of rotatable bonds is 3. The molecule has 0 unspecified atom stereocenters. The zero-order valence-electron chi connectivity index (χ0n) is 11.6. The average molecular weight is 308 g/mol. The maximum Gasteiger partial charge on any atom is 0.113 e. The van der Waals surface area contributed by atoms with Crippen molar-refractivity contribution in [3.05, 3.63) is 45.6 Å². The Balaban J connectivity index is 1.62. The van der Waals surface area contributed by atoms with Gasteiger partial charge in [0.25, 0.3) is 0 Å². The van der Waals surface area contributed by atoms with Gasteiger partial charge in [-0.25, -0.2) is 4.98 Å². The molecule has 5 heteroatoms. The van der Waals surface area contributed by atoms with Crippen molar-refractivity contribution in [1.29, 1.82) is 0 Å². The van der Waals surface area contributed by atoms with Gasteiger partial charge < -0.3 is 0 Å². The molecule has 1 fully saturated rings. The van der Waals surface area contributed by atoms with Gasteiger partial charge in [-0.15, -0.1) is 11.3 Å². The van der Waals surface area contributed by atoms with Crippen LogP contribution < -0.4 is 0 Å². The molecule has 1 aliphatic heterocycles. The van der Waals surface area contributed by atoms with Crippen LogP contribution in [0.25, 0.3) is 0 Å². The molecule has 0 atom stereocenters. The summed E-state index contributed by atoms with van der Waals surface area (Å²) in [5.41, 5.74) is 1.33. The SMILES string of the molecule is CC1(c2ncc(Cl)s2)CCN(Cc2ccccn2)CC1. The molecule has 106 valence electrons. The van der Waals surface area contributed by atoms with Gasteiger partial charge in [0.2, 0.25) is 0 Å². The summed E-state index contributed by atoms with van der Waals surface area (Å²) in [4.78, 5) is 11.3. The van der Waals surface area contributed by atoms with Crippen molar-refractivity contribution < 1.29 is 0 Å². The minimum absolute atomic E-state index is 0.179. The summed E-state index contributed by atoms with van der Waals surface area (Å²) in [6.45, 7) is 5.42. The standard InChI is InChI=1S/C15H18ClN3S/c1-15(14-18-10-13(16)20-14)5-8-19(9-6-15)11-12-4-2-3-7-17-12/h2-4,7,10H,5-6,8-9,11H2,1H3. The number of piperidine rings is 1. The number of thiazole rings is 1. The van der Waals surface area contributed by atoms with E-state index in [0.717, 1.165) is 42.5 Å². The fourth-order valence-corrected chi connectivity index (χ4v) is 3.79. The van der Waals surface area contributed by atoms with E-state index in [4.69, 9.17) is 11.6 Å². The van der Waals surface area contributed by atoms with E-state index < -0.39 is 0 Å². The van der Waals surface area contributed by atoms with Gasteiger partial charge in [0, 0.05) is 18.2 Å². The van der Waals surface area contributed by atoms with E-state index in [9.17, 15) is 0 Å². The van der Waals surface area contributed by atoms with Gasteiger partial charge >= 0.3 is 0 Å². The number of nitrogens with zero attached hydrogens (tertiary/aromatic N) is 3. The van der Waals surface area contributed by atoms with Gasteiger partial charge in [0.1, 0.15) is 4.34 Å². The molecular formula is C15H18ClN3S. The summed E-state index contributed by atoms with van der Waals surface area (Å²) in [6, 6.07) is 6.10. The van der Waals surface area contributed by atoms with Crippen molar-refractivity contribution in [3.8, 4) is 0 Å². The Morgan fingerprint density at radius 1 is 1.30 bits per heavy atom. The third kappa shape index (κ3) is 3.03. The molecule has 0 bridgehead atoms. The lowest BCUT2D eigenvalue weighted by molar-refractivity contribution is 0.160. The van der Waals surface area contributed by atoms with Crippen molar-refractivity contribution in [2.24, 2.45) is 0 Å². The molecule has 0 radical (unpaired) electrons. The van der Waals surface area contributed by atoms with Crippen molar-refractivity contribution in [2.75, 3.05) is 13.1 Å². The Morgan fingerprint density at radius 3 is 2.70 bits per heavy atom. The second kappa shape index (κ2) is 5.80. The highest BCUT2D eigenvalue weighted by Crippen LogP contribution is 2.38. The quantitative estimate of drug-likeness (QED) is 0.865. The molecule has 3 rings (SSSR count). The second-order valence-electron chi connectivity index (χ2n) is 5.63. The molecule has 20 heavy (non-hydrogen) atoms. The fraction of sp³-hybridized carbons (Fsp3) is 0.467. The molecule has 2 aromatic heterocycles. The highest BCUT2D eigenvalue weighted by molar-refractivity contribution is 7.15. The predicted octanol–water partition coefficient (Wildman–Crippen LogP) is 3.75. The monoisotopic (exact) mass is 307 g/mol. The van der Waals surface area contributed by atoms with Crippen LogP contribution in [0.3, 0.4) is 0 Å². The average Bonchev–Trinajstić information content (AvgIpc) is 2.90. The van der Waals surface area contributed by atoms with Gasteiger partial charge in [-0.3, -0.25) is 9.88 Å². The van der Waals surface area contributed by atoms with E-state index in [2.05, 4.69) is 27.9 Å². The van der Waals surface area contributed by atoms with Crippen LogP contribution in [-0.4, -0.2) is 28.0 Å². The Labute approximate surface area is 128 Å². The van der Waals surface area contributed by atoms with Crippen molar-refractivity contribution >= 4 is 22.9 Å². The number of likely N-dealkylation sites (tertiary alicyclic amines) is 1. The molecule has 0 spiro atoms. The molecule has 1 aliphatic rings. The lowest BCUT2D eigenvalue weighted by Gasteiger charge is -2.38. The van der Waals surface area contributed by atoms with Crippen LogP contribution in [0.2, 0.25) is 4.34 Å². The minimum Gasteiger partial charge on any atom is -0.297 e. The first-order chi connectivity index (χ1) is 9.66.